The number of hydrogen-bond acceptors (Lipinski definition) is 4. The van der Waals surface area contributed by atoms with Crippen LogP contribution in [0.15, 0.2) is 41.6 Å². The molecule has 1 heterocycles. The molecule has 0 spiro atoms. The molecule has 0 amide bonds. The highest BCUT2D eigenvalue weighted by Crippen LogP contribution is 2.15. The second kappa shape index (κ2) is 4.27. The lowest BCUT2D eigenvalue weighted by Gasteiger charge is -2.05. The molecule has 0 saturated carbocycles. The largest absolute Gasteiger partial charge is 0.284 e. The number of rotatable bonds is 3. The van der Waals surface area contributed by atoms with Crippen molar-refractivity contribution in [3.05, 3.63) is 42.2 Å². The van der Waals surface area contributed by atoms with Gasteiger partial charge in [0.1, 0.15) is 4.90 Å². The lowest BCUT2D eigenvalue weighted by atomic mass is 10.2. The summed E-state index contributed by atoms with van der Waals surface area (Å²) in [5, 5.41) is 14.6. The summed E-state index contributed by atoms with van der Waals surface area (Å²) in [5.41, 5.74) is 0.862. The third-order valence-corrected chi connectivity index (χ3v) is 3.40. The molecule has 0 radical (unpaired) electrons. The van der Waals surface area contributed by atoms with Gasteiger partial charge >= 0.3 is 0 Å². The minimum absolute atomic E-state index is 0.0573. The van der Waals surface area contributed by atoms with Crippen molar-refractivity contribution < 1.29 is 8.42 Å². The minimum atomic E-state index is -3.62. The normalized spacial score (nSPS) is 10.8. The van der Waals surface area contributed by atoms with E-state index in [0.29, 0.717) is 11.3 Å². The minimum Gasteiger partial charge on any atom is -0.284 e. The molecule has 1 aromatic carbocycles. The maximum Gasteiger partial charge on any atom is 0.265 e. The predicted octanol–water partition coefficient (Wildman–Crippen LogP) is 1.08. The summed E-state index contributed by atoms with van der Waals surface area (Å²) >= 11 is 0. The first kappa shape index (κ1) is 11.2. The predicted molar refractivity (Wildman–Crippen MR) is 60.6 cm³/mol. The SMILES string of the molecule is N#Cc1ccc(NS(=O)(=O)c2cn[nH]c2)cc1. The maximum absolute atomic E-state index is 11.8. The first-order valence-electron chi connectivity index (χ1n) is 4.63. The van der Waals surface area contributed by atoms with Crippen LogP contribution in [-0.2, 0) is 10.0 Å². The van der Waals surface area contributed by atoms with Crippen molar-refractivity contribution >= 4 is 15.7 Å². The summed E-state index contributed by atoms with van der Waals surface area (Å²) in [6, 6.07) is 8.07. The average molecular weight is 248 g/mol. The monoisotopic (exact) mass is 248 g/mol. The van der Waals surface area contributed by atoms with E-state index in [0.717, 1.165) is 0 Å². The van der Waals surface area contributed by atoms with E-state index in [2.05, 4.69) is 14.9 Å². The number of nitriles is 1. The van der Waals surface area contributed by atoms with E-state index in [-0.39, 0.29) is 4.90 Å². The van der Waals surface area contributed by atoms with Gasteiger partial charge in [-0.05, 0) is 24.3 Å². The Hall–Kier alpha value is -2.33. The number of hydrogen-bond donors (Lipinski definition) is 2. The third kappa shape index (κ3) is 2.43. The number of anilines is 1. The Morgan fingerprint density at radius 2 is 2.00 bits per heavy atom. The topological polar surface area (TPSA) is 98.6 Å². The first-order valence-corrected chi connectivity index (χ1v) is 6.12. The Morgan fingerprint density at radius 1 is 1.29 bits per heavy atom. The Morgan fingerprint density at radius 3 is 2.53 bits per heavy atom. The second-order valence-corrected chi connectivity index (χ2v) is 4.91. The van der Waals surface area contributed by atoms with Gasteiger partial charge in [-0.15, -0.1) is 0 Å². The van der Waals surface area contributed by atoms with Crippen LogP contribution < -0.4 is 4.72 Å². The second-order valence-electron chi connectivity index (χ2n) is 3.23. The Bertz CT molecular complexity index is 639. The van der Waals surface area contributed by atoms with Crippen LogP contribution >= 0.6 is 0 Å². The smallest absolute Gasteiger partial charge is 0.265 e. The molecule has 1 aromatic heterocycles. The van der Waals surface area contributed by atoms with E-state index in [4.69, 9.17) is 5.26 Å². The van der Waals surface area contributed by atoms with Crippen molar-refractivity contribution in [2.75, 3.05) is 4.72 Å². The fourth-order valence-corrected chi connectivity index (χ4v) is 2.18. The lowest BCUT2D eigenvalue weighted by molar-refractivity contribution is 0.601. The van der Waals surface area contributed by atoms with Gasteiger partial charge in [-0.3, -0.25) is 9.82 Å². The molecule has 2 N–H and O–H groups in total. The highest BCUT2D eigenvalue weighted by molar-refractivity contribution is 7.92. The summed E-state index contributed by atoms with van der Waals surface area (Å²) in [7, 11) is -3.62. The van der Waals surface area contributed by atoms with E-state index in [1.807, 2.05) is 6.07 Å². The molecule has 0 aliphatic carbocycles. The molecule has 17 heavy (non-hydrogen) atoms. The van der Waals surface area contributed by atoms with Gasteiger partial charge in [0.05, 0.1) is 17.8 Å². The van der Waals surface area contributed by atoms with Crippen LogP contribution in [0.25, 0.3) is 0 Å². The molecule has 7 heteroatoms. The quantitative estimate of drug-likeness (QED) is 0.849. The standard InChI is InChI=1S/C10H8N4O2S/c11-5-8-1-3-9(4-2-8)14-17(15,16)10-6-12-13-7-10/h1-4,6-7,14H,(H,12,13). The zero-order valence-electron chi connectivity index (χ0n) is 8.58. The fourth-order valence-electron chi connectivity index (χ4n) is 1.21. The van der Waals surface area contributed by atoms with Gasteiger partial charge in [0, 0.05) is 11.9 Å². The van der Waals surface area contributed by atoms with Gasteiger partial charge < -0.3 is 0 Å². The highest BCUT2D eigenvalue weighted by Gasteiger charge is 2.14. The van der Waals surface area contributed by atoms with E-state index in [1.165, 1.54) is 36.7 Å². The van der Waals surface area contributed by atoms with E-state index in [9.17, 15) is 8.42 Å². The van der Waals surface area contributed by atoms with Gasteiger partial charge in [-0.1, -0.05) is 0 Å². The van der Waals surface area contributed by atoms with E-state index < -0.39 is 10.0 Å². The number of nitrogens with one attached hydrogen (secondary N) is 2. The van der Waals surface area contributed by atoms with Gasteiger partial charge in [0.15, 0.2) is 0 Å². The summed E-state index contributed by atoms with van der Waals surface area (Å²) in [6.07, 6.45) is 2.50. The molecule has 0 aliphatic heterocycles. The highest BCUT2D eigenvalue weighted by atomic mass is 32.2. The number of nitrogens with zero attached hydrogens (tertiary/aromatic N) is 2. The molecule has 0 aliphatic rings. The van der Waals surface area contributed by atoms with Crippen molar-refractivity contribution in [1.29, 1.82) is 5.26 Å². The van der Waals surface area contributed by atoms with Crippen LogP contribution in [0.3, 0.4) is 0 Å². The van der Waals surface area contributed by atoms with Crippen LogP contribution in [0.1, 0.15) is 5.56 Å². The van der Waals surface area contributed by atoms with Crippen molar-refractivity contribution in [2.45, 2.75) is 4.90 Å². The zero-order chi connectivity index (χ0) is 12.3. The number of H-pyrrole nitrogens is 1. The van der Waals surface area contributed by atoms with Gasteiger partial charge in [-0.25, -0.2) is 8.42 Å². The number of sulfonamides is 1. The zero-order valence-corrected chi connectivity index (χ0v) is 9.40. The summed E-state index contributed by atoms with van der Waals surface area (Å²) in [5.74, 6) is 0. The van der Waals surface area contributed by atoms with Gasteiger partial charge in [0.25, 0.3) is 10.0 Å². The van der Waals surface area contributed by atoms with Gasteiger partial charge in [0.2, 0.25) is 0 Å². The summed E-state index contributed by atoms with van der Waals surface area (Å²) < 4.78 is 25.9. The van der Waals surface area contributed by atoms with E-state index >= 15 is 0 Å². The Balaban J connectivity index is 2.24. The summed E-state index contributed by atoms with van der Waals surface area (Å²) in [4.78, 5) is 0.0573. The number of aromatic nitrogens is 2. The average Bonchev–Trinajstić information content (AvgIpc) is 2.84. The maximum atomic E-state index is 11.8. The molecular weight excluding hydrogens is 240 g/mol. The van der Waals surface area contributed by atoms with E-state index in [1.54, 1.807) is 0 Å². The number of aromatic amines is 1. The van der Waals surface area contributed by atoms with Gasteiger partial charge in [-0.2, -0.15) is 10.4 Å². The molecule has 6 nitrogen and oxygen atoms in total. The van der Waals surface area contributed by atoms with Crippen molar-refractivity contribution in [3.63, 3.8) is 0 Å². The molecule has 2 rings (SSSR count). The molecule has 0 atom stereocenters. The van der Waals surface area contributed by atoms with Crippen LogP contribution in [0, 0.1) is 11.3 Å². The molecule has 0 bridgehead atoms. The lowest BCUT2D eigenvalue weighted by Crippen LogP contribution is -2.12. The van der Waals surface area contributed by atoms with Crippen LogP contribution in [0.2, 0.25) is 0 Å². The molecule has 2 aromatic rings. The first-order chi connectivity index (χ1) is 8.12. The van der Waals surface area contributed by atoms with Crippen LogP contribution in [0.4, 0.5) is 5.69 Å². The molecule has 0 unspecified atom stereocenters. The Kier molecular flexibility index (Phi) is 2.80. The molecule has 0 saturated heterocycles. The van der Waals surface area contributed by atoms with Crippen molar-refractivity contribution in [3.8, 4) is 6.07 Å². The summed E-state index contributed by atoms with van der Waals surface area (Å²) in [6.45, 7) is 0. The molecular formula is C10H8N4O2S. The van der Waals surface area contributed by atoms with Crippen molar-refractivity contribution in [2.24, 2.45) is 0 Å². The number of benzene rings is 1. The molecule has 0 fully saturated rings. The molecule has 86 valence electrons. The fraction of sp³-hybridized carbons (Fsp3) is 0. The third-order valence-electron chi connectivity index (χ3n) is 2.05. The van der Waals surface area contributed by atoms with Crippen molar-refractivity contribution in [1.82, 2.24) is 10.2 Å². The Labute approximate surface area is 98.0 Å². The van der Waals surface area contributed by atoms with Crippen LogP contribution in [-0.4, -0.2) is 18.6 Å². The van der Waals surface area contributed by atoms with Crippen LogP contribution in [0.5, 0.6) is 0 Å².